The Morgan fingerprint density at radius 2 is 1.83 bits per heavy atom. The molecule has 1 N–H and O–H groups in total. The number of nitrogens with zero attached hydrogens (tertiary/aromatic N) is 2. The molecule has 0 spiro atoms. The number of carbonyl (C=O) groups excluding carboxylic acids is 1. The van der Waals surface area contributed by atoms with Crippen LogP contribution in [-0.2, 0) is 21.9 Å². The summed E-state index contributed by atoms with van der Waals surface area (Å²) in [5.74, 6) is -0.00359. The minimum Gasteiger partial charge on any atom is -0.299 e. The van der Waals surface area contributed by atoms with E-state index in [0.717, 1.165) is 6.42 Å². The Balaban J connectivity index is 1.70. The average Bonchev–Trinajstić information content (AvgIpc) is 3.09. The lowest BCUT2D eigenvalue weighted by Gasteiger charge is -2.36. The zero-order valence-corrected chi connectivity index (χ0v) is 18.0. The van der Waals surface area contributed by atoms with Crippen LogP contribution in [0.4, 0.5) is 5.69 Å². The van der Waals surface area contributed by atoms with Gasteiger partial charge in [-0.1, -0.05) is 32.0 Å². The molecule has 1 heterocycles. The largest absolute Gasteiger partial charge is 0.299 e. The third kappa shape index (κ3) is 2.79. The van der Waals surface area contributed by atoms with Crippen LogP contribution in [0.2, 0.25) is 0 Å². The fourth-order valence-electron chi connectivity index (χ4n) is 5.31. The van der Waals surface area contributed by atoms with Crippen LogP contribution in [-0.4, -0.2) is 29.3 Å². The number of aromatic nitrogens is 2. The first-order valence-electron chi connectivity index (χ1n) is 9.88. The maximum absolute atomic E-state index is 13.1. The van der Waals surface area contributed by atoms with Crippen molar-refractivity contribution in [2.45, 2.75) is 40.0 Å². The predicted octanol–water partition coefficient (Wildman–Crippen LogP) is 2.62. The number of para-hydroxylation sites is 1. The molecule has 7 nitrogen and oxygen atoms in total. The Morgan fingerprint density at radius 3 is 2.38 bits per heavy atom. The number of rotatable bonds is 5. The summed E-state index contributed by atoms with van der Waals surface area (Å²) < 4.78 is 31.8. The lowest BCUT2D eigenvalue weighted by molar-refractivity contribution is -0.128. The summed E-state index contributed by atoms with van der Waals surface area (Å²) in [7, 11) is -2.18. The minimum atomic E-state index is -3.89. The molecule has 2 aliphatic carbocycles. The summed E-state index contributed by atoms with van der Waals surface area (Å²) in [5, 5.41) is 0. The maximum Gasteiger partial charge on any atom is 0.296 e. The van der Waals surface area contributed by atoms with Crippen molar-refractivity contribution in [2.75, 3.05) is 10.5 Å². The molecule has 2 atom stereocenters. The molecule has 1 aromatic heterocycles. The number of carbonyl (C=O) groups is 1. The van der Waals surface area contributed by atoms with Crippen molar-refractivity contribution in [3.8, 4) is 5.69 Å². The molecule has 2 aromatic rings. The van der Waals surface area contributed by atoms with Crippen LogP contribution in [0.5, 0.6) is 0 Å². The van der Waals surface area contributed by atoms with Crippen LogP contribution in [0, 0.1) is 23.7 Å². The molecule has 2 aliphatic rings. The number of nitrogens with one attached hydrogen (secondary N) is 1. The highest BCUT2D eigenvalue weighted by molar-refractivity contribution is 7.92. The molecule has 4 rings (SSSR count). The zero-order valence-electron chi connectivity index (χ0n) is 17.2. The minimum absolute atomic E-state index is 0.0329. The van der Waals surface area contributed by atoms with Gasteiger partial charge in [0.15, 0.2) is 0 Å². The van der Waals surface area contributed by atoms with E-state index >= 15 is 0 Å². The Labute approximate surface area is 170 Å². The molecular weight excluding hydrogens is 390 g/mol. The fraction of sp³-hybridized carbons (Fsp3) is 0.524. The second-order valence-electron chi connectivity index (χ2n) is 8.96. The lowest BCUT2D eigenvalue weighted by atomic mass is 9.70. The first-order valence-corrected chi connectivity index (χ1v) is 11.5. The standard InChI is InChI=1S/C21H27N3O4S/c1-14-18(19(26)24(23(14)4)16-8-6-5-7-9-16)22-29(27,28)13-21-11-10-15(12-17(21)25)20(21,2)3/h5-9,15,22H,10-13H2,1-4H3/t15-,21-/m1/s1. The van der Waals surface area contributed by atoms with Crippen molar-refractivity contribution in [2.24, 2.45) is 23.8 Å². The van der Waals surface area contributed by atoms with E-state index in [1.54, 1.807) is 30.8 Å². The third-order valence-electron chi connectivity index (χ3n) is 7.39. The summed E-state index contributed by atoms with van der Waals surface area (Å²) in [6.45, 7) is 5.70. The van der Waals surface area contributed by atoms with Gasteiger partial charge in [-0.25, -0.2) is 13.1 Å². The molecule has 0 aliphatic heterocycles. The topological polar surface area (TPSA) is 90.2 Å². The number of hydrogen-bond acceptors (Lipinski definition) is 4. The normalized spacial score (nSPS) is 25.5. The molecule has 0 unspecified atom stereocenters. The Kier molecular flexibility index (Phi) is 4.35. The van der Waals surface area contributed by atoms with Gasteiger partial charge in [0, 0.05) is 13.5 Å². The van der Waals surface area contributed by atoms with E-state index in [4.69, 9.17) is 0 Å². The van der Waals surface area contributed by atoms with Crippen molar-refractivity contribution in [1.29, 1.82) is 0 Å². The Morgan fingerprint density at radius 1 is 1.17 bits per heavy atom. The van der Waals surface area contributed by atoms with Crippen molar-refractivity contribution in [3.05, 3.63) is 46.4 Å². The molecular formula is C21H27N3O4S. The van der Waals surface area contributed by atoms with Gasteiger partial charge in [-0.3, -0.25) is 19.0 Å². The zero-order chi connectivity index (χ0) is 21.2. The SMILES string of the molecule is Cc1c(NS(=O)(=O)C[C@]23CC[C@H](CC2=O)C3(C)C)c(=O)n(-c2ccccc2)n1C. The third-order valence-corrected chi connectivity index (χ3v) is 8.78. The molecule has 8 heteroatoms. The van der Waals surface area contributed by atoms with Gasteiger partial charge in [0.25, 0.3) is 5.56 Å². The summed E-state index contributed by atoms with van der Waals surface area (Å²) in [5.41, 5.74) is -0.456. The summed E-state index contributed by atoms with van der Waals surface area (Å²) in [4.78, 5) is 25.7. The smallest absolute Gasteiger partial charge is 0.296 e. The molecule has 1 aromatic carbocycles. The molecule has 2 bridgehead atoms. The molecule has 0 saturated heterocycles. The lowest BCUT2D eigenvalue weighted by Crippen LogP contribution is -2.43. The molecule has 2 fully saturated rings. The summed E-state index contributed by atoms with van der Waals surface area (Å²) >= 11 is 0. The number of benzene rings is 1. The second-order valence-corrected chi connectivity index (χ2v) is 10.7. The molecule has 0 amide bonds. The number of fused-ring (bicyclic) bond motifs is 2. The van der Waals surface area contributed by atoms with Gasteiger partial charge in [-0.2, -0.15) is 0 Å². The Bertz CT molecular complexity index is 1140. The van der Waals surface area contributed by atoms with Crippen LogP contribution in [0.1, 0.15) is 38.8 Å². The number of sulfonamides is 1. The van der Waals surface area contributed by atoms with E-state index in [1.807, 2.05) is 32.0 Å². The van der Waals surface area contributed by atoms with E-state index in [0.29, 0.717) is 24.2 Å². The van der Waals surface area contributed by atoms with Gasteiger partial charge < -0.3 is 0 Å². The highest BCUT2D eigenvalue weighted by atomic mass is 32.2. The van der Waals surface area contributed by atoms with E-state index in [2.05, 4.69) is 4.72 Å². The van der Waals surface area contributed by atoms with Crippen molar-refractivity contribution in [3.63, 3.8) is 0 Å². The van der Waals surface area contributed by atoms with Gasteiger partial charge in [0.05, 0.1) is 22.5 Å². The van der Waals surface area contributed by atoms with Gasteiger partial charge in [-0.05, 0) is 43.2 Å². The van der Waals surface area contributed by atoms with Crippen molar-refractivity contribution in [1.82, 2.24) is 9.36 Å². The number of anilines is 1. The van der Waals surface area contributed by atoms with Crippen LogP contribution in [0.25, 0.3) is 5.69 Å². The fourth-order valence-corrected chi connectivity index (χ4v) is 7.25. The van der Waals surface area contributed by atoms with E-state index in [1.165, 1.54) is 4.68 Å². The molecule has 29 heavy (non-hydrogen) atoms. The van der Waals surface area contributed by atoms with Crippen LogP contribution in [0.15, 0.2) is 35.1 Å². The van der Waals surface area contributed by atoms with Gasteiger partial charge in [-0.15, -0.1) is 0 Å². The van der Waals surface area contributed by atoms with E-state index < -0.39 is 21.0 Å². The number of ketones is 1. The van der Waals surface area contributed by atoms with Crippen LogP contribution < -0.4 is 10.3 Å². The first-order chi connectivity index (χ1) is 13.5. The summed E-state index contributed by atoms with van der Waals surface area (Å²) in [6.07, 6.45) is 1.92. The van der Waals surface area contributed by atoms with E-state index in [9.17, 15) is 18.0 Å². The number of Topliss-reactive ketones (excluding diaryl/α,β-unsaturated/α-hetero) is 1. The first kappa shape index (κ1) is 19.9. The monoisotopic (exact) mass is 417 g/mol. The highest BCUT2D eigenvalue weighted by Crippen LogP contribution is 2.64. The van der Waals surface area contributed by atoms with Gasteiger partial charge in [0.1, 0.15) is 11.5 Å². The second kappa shape index (κ2) is 6.32. The van der Waals surface area contributed by atoms with Gasteiger partial charge in [0.2, 0.25) is 10.0 Å². The predicted molar refractivity (Wildman–Crippen MR) is 112 cm³/mol. The highest BCUT2D eigenvalue weighted by Gasteiger charge is 2.65. The van der Waals surface area contributed by atoms with E-state index in [-0.39, 0.29) is 28.6 Å². The van der Waals surface area contributed by atoms with Crippen LogP contribution >= 0.6 is 0 Å². The quantitative estimate of drug-likeness (QED) is 0.810. The average molecular weight is 418 g/mol. The Hall–Kier alpha value is -2.35. The molecule has 2 saturated carbocycles. The van der Waals surface area contributed by atoms with Gasteiger partial charge >= 0.3 is 0 Å². The number of hydrogen-bond donors (Lipinski definition) is 1. The van der Waals surface area contributed by atoms with Crippen molar-refractivity contribution < 1.29 is 13.2 Å². The van der Waals surface area contributed by atoms with Crippen LogP contribution in [0.3, 0.4) is 0 Å². The maximum atomic E-state index is 13.1. The summed E-state index contributed by atoms with van der Waals surface area (Å²) in [6, 6.07) is 9.06. The molecule has 0 radical (unpaired) electrons. The molecule has 156 valence electrons. The van der Waals surface area contributed by atoms with Crippen molar-refractivity contribution >= 4 is 21.5 Å².